The van der Waals surface area contributed by atoms with Gasteiger partial charge in [0.15, 0.2) is 11.9 Å². The summed E-state index contributed by atoms with van der Waals surface area (Å²) in [4.78, 5) is 43.0. The molecule has 12 heteroatoms. The van der Waals surface area contributed by atoms with Gasteiger partial charge in [0, 0.05) is 19.5 Å². The average molecular weight is 385 g/mol. The monoisotopic (exact) mass is 385 g/mol. The van der Waals surface area contributed by atoms with Crippen molar-refractivity contribution in [2.45, 2.75) is 51.1 Å². The van der Waals surface area contributed by atoms with Crippen molar-refractivity contribution in [3.63, 3.8) is 0 Å². The summed E-state index contributed by atoms with van der Waals surface area (Å²) in [5.41, 5.74) is 26.1. The van der Waals surface area contributed by atoms with Crippen molar-refractivity contribution in [2.75, 3.05) is 13.1 Å². The van der Waals surface area contributed by atoms with Crippen LogP contribution in [0.15, 0.2) is 9.98 Å². The van der Waals surface area contributed by atoms with Crippen molar-refractivity contribution in [3.05, 3.63) is 0 Å². The van der Waals surface area contributed by atoms with Crippen LogP contribution in [0.4, 0.5) is 0 Å². The third kappa shape index (κ3) is 12.9. The lowest BCUT2D eigenvalue weighted by molar-refractivity contribution is -0.131. The molecule has 3 amide bonds. The summed E-state index contributed by atoms with van der Waals surface area (Å²) >= 11 is 0. The highest BCUT2D eigenvalue weighted by atomic mass is 16.2. The molecule has 0 bridgehead atoms. The molecule has 0 heterocycles. The van der Waals surface area contributed by atoms with Gasteiger partial charge in [-0.2, -0.15) is 0 Å². The van der Waals surface area contributed by atoms with Crippen molar-refractivity contribution in [1.29, 1.82) is 0 Å². The van der Waals surface area contributed by atoms with Gasteiger partial charge >= 0.3 is 0 Å². The van der Waals surface area contributed by atoms with Gasteiger partial charge in [0.25, 0.3) is 0 Å². The number of nitrogens with one attached hydrogen (secondary N) is 2. The SMILES string of the molecule is CC(NC(=O)CCCCN=C(N)N)C(=O)NC(CCCN=C(N)N)C(N)=O. The number of nitrogens with zero attached hydrogens (tertiary/aromatic N) is 2. The number of hydrogen-bond acceptors (Lipinski definition) is 5. The van der Waals surface area contributed by atoms with Gasteiger partial charge in [-0.05, 0) is 32.6 Å². The summed E-state index contributed by atoms with van der Waals surface area (Å²) in [5.74, 6) is -1.51. The van der Waals surface area contributed by atoms with Crippen LogP contribution in [0.2, 0.25) is 0 Å². The van der Waals surface area contributed by atoms with E-state index in [-0.39, 0.29) is 30.7 Å². The normalized spacial score (nSPS) is 12.3. The molecule has 12 nitrogen and oxygen atoms in total. The van der Waals surface area contributed by atoms with E-state index in [1.807, 2.05) is 0 Å². The quantitative estimate of drug-likeness (QED) is 0.0982. The van der Waals surface area contributed by atoms with Crippen molar-refractivity contribution < 1.29 is 14.4 Å². The fraction of sp³-hybridized carbons (Fsp3) is 0.667. The second-order valence-corrected chi connectivity index (χ2v) is 5.97. The van der Waals surface area contributed by atoms with Crippen LogP contribution in [0.25, 0.3) is 0 Å². The molecule has 0 aromatic heterocycles. The van der Waals surface area contributed by atoms with Crippen LogP contribution < -0.4 is 39.3 Å². The third-order valence-corrected chi connectivity index (χ3v) is 3.48. The van der Waals surface area contributed by atoms with Crippen LogP contribution in [-0.2, 0) is 14.4 Å². The first kappa shape index (κ1) is 23.9. The highest BCUT2D eigenvalue weighted by Gasteiger charge is 2.22. The number of rotatable bonds is 13. The van der Waals surface area contributed by atoms with Gasteiger partial charge in [0.2, 0.25) is 17.7 Å². The lowest BCUT2D eigenvalue weighted by Gasteiger charge is -2.19. The zero-order chi connectivity index (χ0) is 20.8. The summed E-state index contributed by atoms with van der Waals surface area (Å²) in [6.07, 6.45) is 2.19. The molecule has 0 spiro atoms. The Bertz CT molecular complexity index is 555. The number of aliphatic imine (C=N–C) groups is 2. The van der Waals surface area contributed by atoms with E-state index >= 15 is 0 Å². The maximum Gasteiger partial charge on any atom is 0.242 e. The Hall–Kier alpha value is -3.05. The molecule has 0 fully saturated rings. The van der Waals surface area contributed by atoms with Gasteiger partial charge in [-0.15, -0.1) is 0 Å². The van der Waals surface area contributed by atoms with Crippen LogP contribution in [0.1, 0.15) is 39.0 Å². The first-order valence-electron chi connectivity index (χ1n) is 8.63. The standard InChI is InChI=1S/C15H31N9O3/c1-9(23-11(25)6-2-3-7-21-14(17)18)13(27)24-10(12(16)26)5-4-8-22-15(19)20/h9-10H,2-8H2,1H3,(H2,16,26)(H,23,25)(H,24,27)(H4,17,18,21)(H4,19,20,22). The van der Waals surface area contributed by atoms with Gasteiger partial charge in [-0.25, -0.2) is 0 Å². The van der Waals surface area contributed by atoms with Gasteiger partial charge in [-0.1, -0.05) is 0 Å². The minimum atomic E-state index is -0.870. The molecule has 27 heavy (non-hydrogen) atoms. The zero-order valence-electron chi connectivity index (χ0n) is 15.6. The Labute approximate surface area is 158 Å². The van der Waals surface area contributed by atoms with E-state index in [0.29, 0.717) is 32.4 Å². The summed E-state index contributed by atoms with van der Waals surface area (Å²) in [5, 5.41) is 5.08. The van der Waals surface area contributed by atoms with Crippen LogP contribution in [-0.4, -0.2) is 54.8 Å². The third-order valence-electron chi connectivity index (χ3n) is 3.48. The lowest BCUT2D eigenvalue weighted by atomic mass is 10.1. The molecule has 0 saturated carbocycles. The molecule has 154 valence electrons. The fourth-order valence-corrected chi connectivity index (χ4v) is 2.07. The Balaban J connectivity index is 4.27. The summed E-state index contributed by atoms with van der Waals surface area (Å²) in [7, 11) is 0. The predicted molar refractivity (Wildman–Crippen MR) is 103 cm³/mol. The van der Waals surface area contributed by atoms with Crippen LogP contribution in [0.5, 0.6) is 0 Å². The van der Waals surface area contributed by atoms with Crippen LogP contribution >= 0.6 is 0 Å². The molecule has 0 aliphatic rings. The Morgan fingerprint density at radius 2 is 1.41 bits per heavy atom. The minimum Gasteiger partial charge on any atom is -0.370 e. The average Bonchev–Trinajstić information content (AvgIpc) is 2.56. The molecule has 0 rings (SSSR count). The number of carbonyl (C=O) groups excluding carboxylic acids is 3. The smallest absolute Gasteiger partial charge is 0.242 e. The maximum atomic E-state index is 12.1. The molecular weight excluding hydrogens is 354 g/mol. The predicted octanol–water partition coefficient (Wildman–Crippen LogP) is -3.04. The molecule has 0 saturated heterocycles. The lowest BCUT2D eigenvalue weighted by Crippen LogP contribution is -2.51. The number of amides is 3. The van der Waals surface area contributed by atoms with Crippen molar-refractivity contribution in [1.82, 2.24) is 10.6 Å². The zero-order valence-corrected chi connectivity index (χ0v) is 15.6. The van der Waals surface area contributed by atoms with Gasteiger partial charge in [-0.3, -0.25) is 24.4 Å². The first-order valence-corrected chi connectivity index (χ1v) is 8.63. The highest BCUT2D eigenvalue weighted by molar-refractivity contribution is 5.91. The molecule has 0 aliphatic heterocycles. The van der Waals surface area contributed by atoms with E-state index in [2.05, 4.69) is 20.6 Å². The van der Waals surface area contributed by atoms with Crippen molar-refractivity contribution >= 4 is 29.6 Å². The van der Waals surface area contributed by atoms with Crippen molar-refractivity contribution in [3.8, 4) is 0 Å². The molecule has 2 unspecified atom stereocenters. The van der Waals surface area contributed by atoms with E-state index in [4.69, 9.17) is 28.7 Å². The second kappa shape index (κ2) is 13.2. The Morgan fingerprint density at radius 3 is 1.93 bits per heavy atom. The number of guanidine groups is 2. The number of unbranched alkanes of at least 4 members (excludes halogenated alkanes) is 1. The Kier molecular flexibility index (Phi) is 11.7. The van der Waals surface area contributed by atoms with Gasteiger partial charge in [0.05, 0.1) is 0 Å². The molecule has 12 N–H and O–H groups in total. The van der Waals surface area contributed by atoms with E-state index in [1.165, 1.54) is 6.92 Å². The number of primary amides is 1. The van der Waals surface area contributed by atoms with Crippen molar-refractivity contribution in [2.24, 2.45) is 38.7 Å². The number of nitrogens with two attached hydrogens (primary N) is 5. The second-order valence-electron chi connectivity index (χ2n) is 5.97. The summed E-state index contributed by atoms with van der Waals surface area (Å²) in [6.45, 7) is 2.27. The topological polar surface area (TPSA) is 230 Å². The largest absolute Gasteiger partial charge is 0.370 e. The number of carbonyl (C=O) groups is 3. The Morgan fingerprint density at radius 1 is 0.852 bits per heavy atom. The van der Waals surface area contributed by atoms with Crippen LogP contribution in [0, 0.1) is 0 Å². The molecule has 2 atom stereocenters. The number of hydrogen-bond donors (Lipinski definition) is 7. The molecule has 0 aromatic rings. The maximum absolute atomic E-state index is 12.1. The van der Waals surface area contributed by atoms with E-state index in [9.17, 15) is 14.4 Å². The summed E-state index contributed by atoms with van der Waals surface area (Å²) < 4.78 is 0. The highest BCUT2D eigenvalue weighted by Crippen LogP contribution is 2.00. The van der Waals surface area contributed by atoms with E-state index in [0.717, 1.165) is 0 Å². The summed E-state index contributed by atoms with van der Waals surface area (Å²) in [6, 6.07) is -1.68. The minimum absolute atomic E-state index is 0.00653. The molecular formula is C15H31N9O3. The fourth-order valence-electron chi connectivity index (χ4n) is 2.07. The molecule has 0 aromatic carbocycles. The van der Waals surface area contributed by atoms with Gasteiger partial charge in [0.1, 0.15) is 12.1 Å². The first-order chi connectivity index (χ1) is 12.6. The van der Waals surface area contributed by atoms with Crippen LogP contribution in [0.3, 0.4) is 0 Å². The molecule has 0 radical (unpaired) electrons. The van der Waals surface area contributed by atoms with E-state index < -0.39 is 23.9 Å². The van der Waals surface area contributed by atoms with Gasteiger partial charge < -0.3 is 39.3 Å². The van der Waals surface area contributed by atoms with E-state index in [1.54, 1.807) is 0 Å². The molecule has 0 aliphatic carbocycles.